The van der Waals surface area contributed by atoms with Gasteiger partial charge in [-0.15, -0.1) is 0 Å². The highest BCUT2D eigenvalue weighted by atomic mass is 32.3. The van der Waals surface area contributed by atoms with Crippen molar-refractivity contribution in [2.24, 2.45) is 0 Å². The van der Waals surface area contributed by atoms with Crippen LogP contribution in [0.1, 0.15) is 0 Å². The van der Waals surface area contributed by atoms with E-state index in [0.29, 0.717) is 5.75 Å². The average Bonchev–Trinajstić information content (AvgIpc) is 2.77. The fourth-order valence-electron chi connectivity index (χ4n) is 2.84. The molecule has 0 aliphatic carbocycles. The third kappa shape index (κ3) is 4.42. The molecule has 0 aliphatic heterocycles. The second-order valence-electron chi connectivity index (χ2n) is 6.26. The fraction of sp³-hybridized carbons (Fsp3) is 0.100. The third-order valence-corrected chi connectivity index (χ3v) is 9.23. The zero-order valence-corrected chi connectivity index (χ0v) is 18.0. The first-order valence-corrected chi connectivity index (χ1v) is 11.8. The van der Waals surface area contributed by atoms with Crippen LogP contribution in [0.5, 0.6) is 5.75 Å². The Morgan fingerprint density at radius 2 is 1.28 bits per heavy atom. The number of benzene rings is 3. The molecule has 0 spiro atoms. The number of hydrogen-bond acceptors (Lipinski definition) is 6. The fourth-order valence-corrected chi connectivity index (χ4v) is 7.56. The standard InChI is InChI=1S/C20H16F3NO6S2/c1-29-16-9-13-19(14-10-16)31(17-5-3-2-4-6-17,30-32(27,28)20(21,22)23)18-11-7-15(8-12-18)24(25)26/h2-14H,1H3. The van der Waals surface area contributed by atoms with Crippen molar-refractivity contribution in [3.63, 3.8) is 0 Å². The lowest BCUT2D eigenvalue weighted by Crippen LogP contribution is -2.27. The first-order chi connectivity index (χ1) is 15.0. The van der Waals surface area contributed by atoms with Crippen molar-refractivity contribution in [1.82, 2.24) is 0 Å². The van der Waals surface area contributed by atoms with Crippen molar-refractivity contribution < 1.29 is 34.9 Å². The van der Waals surface area contributed by atoms with Crippen LogP contribution < -0.4 is 4.74 Å². The number of halogens is 3. The van der Waals surface area contributed by atoms with E-state index in [-0.39, 0.29) is 20.4 Å². The monoisotopic (exact) mass is 487 g/mol. The Balaban J connectivity index is 2.37. The quantitative estimate of drug-likeness (QED) is 0.242. The van der Waals surface area contributed by atoms with Crippen molar-refractivity contribution in [1.29, 1.82) is 0 Å². The van der Waals surface area contributed by atoms with Gasteiger partial charge in [-0.25, -0.2) is 0 Å². The van der Waals surface area contributed by atoms with Crippen LogP contribution in [0.25, 0.3) is 0 Å². The zero-order chi connectivity index (χ0) is 23.6. The summed E-state index contributed by atoms with van der Waals surface area (Å²) in [6.07, 6.45) is 0. The number of nitro groups is 1. The van der Waals surface area contributed by atoms with Crippen LogP contribution in [0.2, 0.25) is 0 Å². The lowest BCUT2D eigenvalue weighted by atomic mass is 10.3. The lowest BCUT2D eigenvalue weighted by Gasteiger charge is -2.39. The summed E-state index contributed by atoms with van der Waals surface area (Å²) in [4.78, 5) is 10.7. The minimum Gasteiger partial charge on any atom is -0.497 e. The van der Waals surface area contributed by atoms with Crippen LogP contribution in [0, 0.1) is 10.1 Å². The average molecular weight is 487 g/mol. The molecule has 0 fully saturated rings. The molecule has 32 heavy (non-hydrogen) atoms. The molecule has 0 heterocycles. The number of non-ortho nitro benzene ring substituents is 1. The molecule has 1 unspecified atom stereocenters. The second-order valence-corrected chi connectivity index (χ2v) is 10.7. The Labute approximate surface area is 183 Å². The molecule has 3 aromatic rings. The van der Waals surface area contributed by atoms with Gasteiger partial charge < -0.3 is 4.74 Å². The number of methoxy groups -OCH3 is 1. The van der Waals surface area contributed by atoms with Gasteiger partial charge in [0.25, 0.3) is 5.69 Å². The predicted molar refractivity (Wildman–Crippen MR) is 111 cm³/mol. The van der Waals surface area contributed by atoms with E-state index < -0.39 is 30.9 Å². The number of alkyl halides is 3. The Morgan fingerprint density at radius 1 is 0.812 bits per heavy atom. The summed E-state index contributed by atoms with van der Waals surface area (Å²) in [5.41, 5.74) is -6.00. The third-order valence-electron chi connectivity index (χ3n) is 4.32. The Morgan fingerprint density at radius 3 is 1.72 bits per heavy atom. The molecule has 0 aliphatic rings. The van der Waals surface area contributed by atoms with Crippen molar-refractivity contribution in [3.8, 4) is 5.75 Å². The van der Waals surface area contributed by atoms with Crippen LogP contribution in [0.3, 0.4) is 0 Å². The molecule has 0 saturated heterocycles. The van der Waals surface area contributed by atoms with Gasteiger partial charge >= 0.3 is 15.6 Å². The van der Waals surface area contributed by atoms with E-state index in [2.05, 4.69) is 0 Å². The summed E-state index contributed by atoms with van der Waals surface area (Å²) in [7, 11) is -8.20. The van der Waals surface area contributed by atoms with Gasteiger partial charge in [0.15, 0.2) is 0 Å². The normalized spacial score (nSPS) is 14.9. The number of nitrogens with zero attached hydrogens (tertiary/aromatic N) is 1. The molecule has 1 atom stereocenters. The molecule has 12 heteroatoms. The Hall–Kier alpha value is -3.09. The van der Waals surface area contributed by atoms with Crippen molar-refractivity contribution in [3.05, 3.63) is 89.0 Å². The molecule has 0 amide bonds. The van der Waals surface area contributed by atoms with Gasteiger partial charge in [0, 0.05) is 26.8 Å². The van der Waals surface area contributed by atoms with Gasteiger partial charge in [-0.05, 0) is 58.8 Å². The molecule has 3 rings (SSSR count). The first-order valence-electron chi connectivity index (χ1n) is 8.80. The topological polar surface area (TPSA) is 95.7 Å². The molecule has 0 bridgehead atoms. The highest BCUT2D eigenvalue weighted by Crippen LogP contribution is 2.70. The SMILES string of the molecule is COc1ccc(S(OS(=O)(=O)C(F)(F)F)(c2ccccc2)c2ccc([N+](=O)[O-])cc2)cc1. The zero-order valence-electron chi connectivity index (χ0n) is 16.4. The van der Waals surface area contributed by atoms with E-state index in [1.165, 1.54) is 67.8 Å². The summed E-state index contributed by atoms with van der Waals surface area (Å²) in [6.45, 7) is 0. The van der Waals surface area contributed by atoms with Gasteiger partial charge in [0.1, 0.15) is 5.75 Å². The van der Waals surface area contributed by atoms with E-state index >= 15 is 0 Å². The lowest BCUT2D eigenvalue weighted by molar-refractivity contribution is -0.384. The molecular formula is C20H16F3NO6S2. The maximum Gasteiger partial charge on any atom is 0.524 e. The molecule has 170 valence electrons. The molecule has 0 N–H and O–H groups in total. The smallest absolute Gasteiger partial charge is 0.497 e. The molecule has 7 nitrogen and oxygen atoms in total. The molecule has 0 radical (unpaired) electrons. The van der Waals surface area contributed by atoms with Crippen LogP contribution in [0.4, 0.5) is 18.9 Å². The van der Waals surface area contributed by atoms with Crippen LogP contribution >= 0.6 is 10.3 Å². The number of ether oxygens (including phenoxy) is 1. The maximum absolute atomic E-state index is 13.4. The van der Waals surface area contributed by atoms with Gasteiger partial charge in [-0.3, -0.25) is 10.1 Å². The maximum atomic E-state index is 13.4. The summed E-state index contributed by atoms with van der Waals surface area (Å²) >= 11 is 0. The van der Waals surface area contributed by atoms with E-state index in [1.54, 1.807) is 6.07 Å². The van der Waals surface area contributed by atoms with E-state index in [0.717, 1.165) is 12.1 Å². The van der Waals surface area contributed by atoms with Gasteiger partial charge in [0.05, 0.1) is 12.0 Å². The number of hydrogen-bond donors (Lipinski definition) is 0. The van der Waals surface area contributed by atoms with Gasteiger partial charge in [-0.2, -0.15) is 25.2 Å². The van der Waals surface area contributed by atoms with Crippen molar-refractivity contribution in [2.45, 2.75) is 20.2 Å². The summed E-state index contributed by atoms with van der Waals surface area (Å²) in [6, 6.07) is 17.8. The number of rotatable bonds is 7. The van der Waals surface area contributed by atoms with Crippen molar-refractivity contribution in [2.75, 3.05) is 7.11 Å². The molecule has 0 saturated carbocycles. The molecular weight excluding hydrogens is 471 g/mol. The molecule has 0 aromatic heterocycles. The minimum absolute atomic E-state index is 0.0206. The summed E-state index contributed by atoms with van der Waals surface area (Å²) in [5.74, 6) is 0.387. The highest BCUT2D eigenvalue weighted by Gasteiger charge is 2.52. The first kappa shape index (κ1) is 23.6. The van der Waals surface area contributed by atoms with E-state index in [1.807, 2.05) is 0 Å². The van der Waals surface area contributed by atoms with Crippen LogP contribution in [-0.2, 0) is 13.7 Å². The van der Waals surface area contributed by atoms with Crippen LogP contribution in [0.15, 0.2) is 93.5 Å². The second kappa shape index (κ2) is 8.81. The minimum atomic E-state index is -6.07. The summed E-state index contributed by atoms with van der Waals surface area (Å²) < 4.78 is 74.8. The largest absolute Gasteiger partial charge is 0.524 e. The van der Waals surface area contributed by atoms with Crippen LogP contribution in [-0.4, -0.2) is 26.0 Å². The highest BCUT2D eigenvalue weighted by molar-refractivity contribution is 8.33. The Bertz CT molecular complexity index is 1200. The van der Waals surface area contributed by atoms with Gasteiger partial charge in [-0.1, -0.05) is 18.2 Å². The van der Waals surface area contributed by atoms with E-state index in [4.69, 9.17) is 8.37 Å². The van der Waals surface area contributed by atoms with Crippen molar-refractivity contribution >= 4 is 26.1 Å². The van der Waals surface area contributed by atoms with E-state index in [9.17, 15) is 31.7 Å². The predicted octanol–water partition coefficient (Wildman–Crippen LogP) is 5.67. The number of nitro benzene ring substituents is 1. The summed E-state index contributed by atoms with van der Waals surface area (Å²) in [5, 5.41) is 11.1. The van der Waals surface area contributed by atoms with Gasteiger partial charge in [0.2, 0.25) is 0 Å². The Kier molecular flexibility index (Phi) is 6.49. The molecule has 3 aromatic carbocycles.